The van der Waals surface area contributed by atoms with Crippen LogP contribution in [0.1, 0.15) is 38.8 Å². The molecule has 0 radical (unpaired) electrons. The summed E-state index contributed by atoms with van der Waals surface area (Å²) in [5.41, 5.74) is 5.26. The normalized spacial score (nSPS) is 12.3. The van der Waals surface area contributed by atoms with Crippen molar-refractivity contribution in [3.8, 4) is 11.3 Å². The molecule has 0 fully saturated rings. The molecule has 12 heteroatoms. The molecule has 2 aromatic carbocycles. The van der Waals surface area contributed by atoms with Gasteiger partial charge in [-0.1, -0.05) is 41.1 Å². The van der Waals surface area contributed by atoms with E-state index in [1.165, 1.54) is 0 Å². The molecule has 1 atom stereocenters. The van der Waals surface area contributed by atoms with Gasteiger partial charge >= 0.3 is 12.1 Å². The third kappa shape index (κ3) is 7.86. The van der Waals surface area contributed by atoms with E-state index in [0.717, 1.165) is 33.3 Å². The fraction of sp³-hybridized carbons (Fsp3) is 0.312. The number of amides is 1. The van der Waals surface area contributed by atoms with E-state index in [0.29, 0.717) is 35.8 Å². The topological polar surface area (TPSA) is 133 Å². The number of hydrogen-bond acceptors (Lipinski definition) is 9. The molecule has 1 unspecified atom stereocenters. The minimum Gasteiger partial charge on any atom is -0.463 e. The van der Waals surface area contributed by atoms with E-state index in [9.17, 15) is 9.59 Å². The fourth-order valence-electron chi connectivity index (χ4n) is 4.48. The maximum atomic E-state index is 12.2. The molecular formula is C32H34ClN7O4. The summed E-state index contributed by atoms with van der Waals surface area (Å²) >= 11 is 6.62. The predicted molar refractivity (Wildman–Crippen MR) is 168 cm³/mol. The molecule has 0 saturated heterocycles. The van der Waals surface area contributed by atoms with Gasteiger partial charge in [0.15, 0.2) is 5.65 Å². The molecule has 5 rings (SSSR count). The zero-order valence-electron chi connectivity index (χ0n) is 25.0. The number of alkyl carbamates (subject to hydrolysis) is 1. The van der Waals surface area contributed by atoms with E-state index >= 15 is 0 Å². The SMILES string of the molecule is CC(NC(=O)OC(C)(C)C)C(=O)OCCNCc1ccc(-c2ccc3nnn(Cc4ccc5ncccc5c4)c3n2)cc1Cl. The second kappa shape index (κ2) is 13.4. The van der Waals surface area contributed by atoms with Gasteiger partial charge in [0.25, 0.3) is 0 Å². The molecule has 228 valence electrons. The van der Waals surface area contributed by atoms with E-state index in [-0.39, 0.29) is 6.61 Å². The van der Waals surface area contributed by atoms with Crippen molar-refractivity contribution < 1.29 is 19.1 Å². The van der Waals surface area contributed by atoms with Gasteiger partial charge < -0.3 is 20.1 Å². The van der Waals surface area contributed by atoms with Gasteiger partial charge in [-0.2, -0.15) is 0 Å². The lowest BCUT2D eigenvalue weighted by Gasteiger charge is -2.21. The number of fused-ring (bicyclic) bond motifs is 2. The quantitative estimate of drug-likeness (QED) is 0.159. The molecule has 0 aliphatic rings. The van der Waals surface area contributed by atoms with Crippen molar-refractivity contribution in [2.24, 2.45) is 0 Å². The number of aromatic nitrogens is 5. The molecule has 0 spiro atoms. The third-order valence-corrected chi connectivity index (χ3v) is 6.99. The van der Waals surface area contributed by atoms with Crippen molar-refractivity contribution in [2.45, 2.75) is 52.4 Å². The minimum atomic E-state index is -0.828. The predicted octanol–water partition coefficient (Wildman–Crippen LogP) is 5.29. The number of hydrogen-bond donors (Lipinski definition) is 2. The fourth-order valence-corrected chi connectivity index (χ4v) is 4.73. The van der Waals surface area contributed by atoms with Crippen molar-refractivity contribution >= 4 is 45.7 Å². The van der Waals surface area contributed by atoms with Crippen LogP contribution in [0.5, 0.6) is 0 Å². The van der Waals surface area contributed by atoms with Crippen LogP contribution in [0.4, 0.5) is 4.79 Å². The molecule has 11 nitrogen and oxygen atoms in total. The van der Waals surface area contributed by atoms with E-state index in [4.69, 9.17) is 26.1 Å². The highest BCUT2D eigenvalue weighted by Crippen LogP contribution is 2.26. The van der Waals surface area contributed by atoms with Crippen LogP contribution in [-0.2, 0) is 27.4 Å². The number of nitrogens with one attached hydrogen (secondary N) is 2. The van der Waals surface area contributed by atoms with Crippen LogP contribution in [0.25, 0.3) is 33.3 Å². The minimum absolute atomic E-state index is 0.136. The molecule has 0 saturated carbocycles. The first-order valence-corrected chi connectivity index (χ1v) is 14.6. The first-order valence-electron chi connectivity index (χ1n) is 14.3. The van der Waals surface area contributed by atoms with Crippen molar-refractivity contribution in [1.29, 1.82) is 0 Å². The summed E-state index contributed by atoms with van der Waals surface area (Å²) < 4.78 is 12.2. The Labute approximate surface area is 259 Å². The number of pyridine rings is 2. The Kier molecular flexibility index (Phi) is 9.36. The lowest BCUT2D eigenvalue weighted by Crippen LogP contribution is -2.42. The van der Waals surface area contributed by atoms with Crippen molar-refractivity contribution in [2.75, 3.05) is 13.2 Å². The summed E-state index contributed by atoms with van der Waals surface area (Å²) in [7, 11) is 0. The summed E-state index contributed by atoms with van der Waals surface area (Å²) in [6, 6.07) is 18.8. The molecule has 2 N–H and O–H groups in total. The van der Waals surface area contributed by atoms with Gasteiger partial charge in [-0.25, -0.2) is 19.3 Å². The highest BCUT2D eigenvalue weighted by atomic mass is 35.5. The Hall–Kier alpha value is -4.61. The van der Waals surface area contributed by atoms with Crippen molar-refractivity contribution in [3.63, 3.8) is 0 Å². The molecule has 0 aliphatic carbocycles. The first kappa shape index (κ1) is 30.8. The summed E-state index contributed by atoms with van der Waals surface area (Å²) in [5, 5.41) is 16.0. The lowest BCUT2D eigenvalue weighted by atomic mass is 10.1. The molecule has 5 aromatic rings. The van der Waals surface area contributed by atoms with Crippen molar-refractivity contribution in [1.82, 2.24) is 35.6 Å². The van der Waals surface area contributed by atoms with E-state index < -0.39 is 23.7 Å². The number of carbonyl (C=O) groups excluding carboxylic acids is 2. The number of nitrogens with zero attached hydrogens (tertiary/aromatic N) is 5. The van der Waals surface area contributed by atoms with Gasteiger partial charge in [0.1, 0.15) is 23.8 Å². The zero-order chi connectivity index (χ0) is 31.3. The van der Waals surface area contributed by atoms with Crippen LogP contribution in [0.3, 0.4) is 0 Å². The smallest absolute Gasteiger partial charge is 0.408 e. The molecule has 44 heavy (non-hydrogen) atoms. The number of esters is 1. The first-order chi connectivity index (χ1) is 21.1. The Bertz CT molecular complexity index is 1800. The van der Waals surface area contributed by atoms with E-state index in [1.807, 2.05) is 54.6 Å². The number of halogens is 1. The van der Waals surface area contributed by atoms with Gasteiger partial charge in [-0.3, -0.25) is 4.98 Å². The molecule has 3 aromatic heterocycles. The second-order valence-corrected chi connectivity index (χ2v) is 11.7. The Morgan fingerprint density at radius 2 is 1.86 bits per heavy atom. The molecule has 0 bridgehead atoms. The van der Waals surface area contributed by atoms with Crippen LogP contribution in [0.15, 0.2) is 66.9 Å². The summed E-state index contributed by atoms with van der Waals surface area (Å²) in [6.45, 7) is 8.34. The Morgan fingerprint density at radius 1 is 1.05 bits per heavy atom. The summed E-state index contributed by atoms with van der Waals surface area (Å²) in [5.74, 6) is -0.546. The average Bonchev–Trinajstić information content (AvgIpc) is 3.38. The van der Waals surface area contributed by atoms with E-state index in [2.05, 4.69) is 32.0 Å². The van der Waals surface area contributed by atoms with Crippen LogP contribution in [0.2, 0.25) is 5.02 Å². The number of benzene rings is 2. The molecule has 3 heterocycles. The van der Waals surface area contributed by atoms with Crippen LogP contribution in [-0.4, -0.2) is 61.8 Å². The number of carbonyl (C=O) groups is 2. The van der Waals surface area contributed by atoms with Gasteiger partial charge in [0.2, 0.25) is 0 Å². The highest BCUT2D eigenvalue weighted by molar-refractivity contribution is 6.31. The Morgan fingerprint density at radius 3 is 2.66 bits per heavy atom. The lowest BCUT2D eigenvalue weighted by molar-refractivity contribution is -0.145. The number of rotatable bonds is 10. The molecule has 1 amide bonds. The number of ether oxygens (including phenoxy) is 2. The molecule has 0 aliphatic heterocycles. The third-order valence-electron chi connectivity index (χ3n) is 6.63. The standard InChI is InChI=1S/C32H34ClN7O4/c1-20(36-31(42)44-32(2,3)4)30(41)43-15-14-34-18-24-9-8-23(17-25(24)33)27-11-12-28-29(37-27)40(39-38-28)19-21-7-10-26-22(16-21)6-5-13-35-26/h5-13,16-17,20,34H,14-15,18-19H2,1-4H3,(H,36,42). The van der Waals surface area contributed by atoms with Gasteiger partial charge in [-0.15, -0.1) is 5.10 Å². The largest absolute Gasteiger partial charge is 0.463 e. The highest BCUT2D eigenvalue weighted by Gasteiger charge is 2.21. The monoisotopic (exact) mass is 615 g/mol. The van der Waals surface area contributed by atoms with E-state index in [1.54, 1.807) is 38.6 Å². The summed E-state index contributed by atoms with van der Waals surface area (Å²) in [4.78, 5) is 33.2. The van der Waals surface area contributed by atoms with Gasteiger partial charge in [0, 0.05) is 35.3 Å². The van der Waals surface area contributed by atoms with Gasteiger partial charge in [0.05, 0.1) is 17.8 Å². The average molecular weight is 616 g/mol. The summed E-state index contributed by atoms with van der Waals surface area (Å²) in [6.07, 6.45) is 1.11. The second-order valence-electron chi connectivity index (χ2n) is 11.3. The molecular weight excluding hydrogens is 582 g/mol. The van der Waals surface area contributed by atoms with Crippen LogP contribution in [0, 0.1) is 0 Å². The van der Waals surface area contributed by atoms with Crippen LogP contribution >= 0.6 is 11.6 Å². The Balaban J connectivity index is 1.15. The van der Waals surface area contributed by atoms with Gasteiger partial charge in [-0.05, 0) is 75.2 Å². The zero-order valence-corrected chi connectivity index (χ0v) is 25.8. The maximum absolute atomic E-state index is 12.2. The van der Waals surface area contributed by atoms with Crippen molar-refractivity contribution in [3.05, 3.63) is 83.0 Å². The maximum Gasteiger partial charge on any atom is 0.408 e. The van der Waals surface area contributed by atoms with Crippen LogP contribution < -0.4 is 10.6 Å².